The molecule has 0 bridgehead atoms. The van der Waals surface area contributed by atoms with E-state index in [0.29, 0.717) is 22.7 Å². The van der Waals surface area contributed by atoms with Crippen LogP contribution in [0, 0.1) is 0 Å². The quantitative estimate of drug-likeness (QED) is 0.334. The molecule has 0 aliphatic heterocycles. The number of carbonyl (C=O) groups is 1. The number of amides is 1. The summed E-state index contributed by atoms with van der Waals surface area (Å²) in [5.74, 6) is 0.520. The second kappa shape index (κ2) is 11.0. The lowest BCUT2D eigenvalue weighted by molar-refractivity contribution is -0.119. The number of hydrogen-bond acceptors (Lipinski definition) is 6. The molecule has 0 aliphatic rings. The molecule has 172 valence electrons. The third-order valence-electron chi connectivity index (χ3n) is 4.56. The first-order valence-electron chi connectivity index (χ1n) is 9.72. The molecule has 1 amide bonds. The average Bonchev–Trinajstić information content (AvgIpc) is 2.83. The molecule has 3 rings (SSSR count). The Morgan fingerprint density at radius 3 is 2.36 bits per heavy atom. The highest BCUT2D eigenvalue weighted by Crippen LogP contribution is 2.25. The van der Waals surface area contributed by atoms with Gasteiger partial charge >= 0.3 is 0 Å². The van der Waals surface area contributed by atoms with Crippen molar-refractivity contribution >= 4 is 43.8 Å². The topological polar surface area (TPSA) is 97.3 Å². The van der Waals surface area contributed by atoms with Crippen molar-refractivity contribution in [2.75, 3.05) is 25.1 Å². The first kappa shape index (κ1) is 24.3. The number of benzene rings is 3. The summed E-state index contributed by atoms with van der Waals surface area (Å²) in [7, 11) is -0.938. The van der Waals surface area contributed by atoms with E-state index in [1.54, 1.807) is 60.7 Å². The summed E-state index contributed by atoms with van der Waals surface area (Å²) >= 11 is 3.33. The summed E-state index contributed by atoms with van der Waals surface area (Å²) in [5.41, 5.74) is 3.30. The van der Waals surface area contributed by atoms with Gasteiger partial charge < -0.3 is 9.47 Å². The maximum absolute atomic E-state index is 13.3. The Morgan fingerprint density at radius 2 is 1.73 bits per heavy atom. The lowest BCUT2D eigenvalue weighted by atomic mass is 10.2. The Hall–Kier alpha value is -3.37. The molecule has 0 radical (unpaired) electrons. The summed E-state index contributed by atoms with van der Waals surface area (Å²) in [6.45, 7) is -0.467. The third-order valence-corrected chi connectivity index (χ3v) is 6.88. The minimum absolute atomic E-state index is 0.0744. The van der Waals surface area contributed by atoms with Gasteiger partial charge in [0.1, 0.15) is 18.0 Å². The summed E-state index contributed by atoms with van der Waals surface area (Å²) in [5, 5.41) is 3.95. The Balaban J connectivity index is 1.83. The van der Waals surface area contributed by atoms with Crippen LogP contribution in [0.25, 0.3) is 0 Å². The zero-order valence-corrected chi connectivity index (χ0v) is 20.3. The summed E-state index contributed by atoms with van der Waals surface area (Å²) in [6.07, 6.45) is 1.40. The number of hydrogen-bond donors (Lipinski definition) is 1. The molecule has 0 aliphatic carbocycles. The third kappa shape index (κ3) is 6.11. The van der Waals surface area contributed by atoms with Gasteiger partial charge in [-0.3, -0.25) is 9.10 Å². The number of rotatable bonds is 9. The van der Waals surface area contributed by atoms with Crippen molar-refractivity contribution in [3.63, 3.8) is 0 Å². The molecule has 0 fully saturated rings. The minimum Gasteiger partial charge on any atom is -0.497 e. The van der Waals surface area contributed by atoms with Gasteiger partial charge in [0, 0.05) is 10.0 Å². The lowest BCUT2D eigenvalue weighted by Gasteiger charge is -2.23. The van der Waals surface area contributed by atoms with Crippen molar-refractivity contribution in [1.29, 1.82) is 0 Å². The van der Waals surface area contributed by atoms with E-state index in [1.165, 1.54) is 32.6 Å². The molecule has 3 aromatic carbocycles. The Kier molecular flexibility index (Phi) is 8.07. The van der Waals surface area contributed by atoms with Gasteiger partial charge in [0.25, 0.3) is 15.9 Å². The molecule has 33 heavy (non-hydrogen) atoms. The van der Waals surface area contributed by atoms with E-state index < -0.39 is 22.5 Å². The van der Waals surface area contributed by atoms with E-state index in [1.807, 2.05) is 0 Å². The molecule has 0 saturated carbocycles. The molecule has 8 nitrogen and oxygen atoms in total. The second-order valence-electron chi connectivity index (χ2n) is 6.70. The van der Waals surface area contributed by atoms with Crippen molar-refractivity contribution in [1.82, 2.24) is 5.43 Å². The van der Waals surface area contributed by atoms with Gasteiger partial charge in [0.2, 0.25) is 0 Å². The van der Waals surface area contributed by atoms with Crippen LogP contribution in [0.15, 0.2) is 87.3 Å². The number of hydrazone groups is 1. The van der Waals surface area contributed by atoms with E-state index in [-0.39, 0.29) is 4.90 Å². The van der Waals surface area contributed by atoms with Gasteiger partial charge in [-0.1, -0.05) is 34.1 Å². The van der Waals surface area contributed by atoms with Gasteiger partial charge in [-0.25, -0.2) is 13.8 Å². The lowest BCUT2D eigenvalue weighted by Crippen LogP contribution is -2.39. The predicted molar refractivity (Wildman–Crippen MR) is 130 cm³/mol. The van der Waals surface area contributed by atoms with Crippen LogP contribution < -0.4 is 19.2 Å². The highest BCUT2D eigenvalue weighted by Gasteiger charge is 2.27. The molecule has 0 spiro atoms. The molecule has 1 N–H and O–H groups in total. The molecule has 3 aromatic rings. The van der Waals surface area contributed by atoms with Crippen molar-refractivity contribution in [3.8, 4) is 11.5 Å². The Morgan fingerprint density at radius 1 is 1.03 bits per heavy atom. The normalized spacial score (nSPS) is 11.2. The first-order chi connectivity index (χ1) is 15.8. The fourth-order valence-corrected chi connectivity index (χ4v) is 4.63. The van der Waals surface area contributed by atoms with Gasteiger partial charge in [-0.2, -0.15) is 5.10 Å². The van der Waals surface area contributed by atoms with E-state index in [4.69, 9.17) is 9.47 Å². The van der Waals surface area contributed by atoms with Gasteiger partial charge in [0.15, 0.2) is 0 Å². The van der Waals surface area contributed by atoms with Crippen LogP contribution in [0.2, 0.25) is 0 Å². The largest absolute Gasteiger partial charge is 0.497 e. The van der Waals surface area contributed by atoms with E-state index in [2.05, 4.69) is 26.5 Å². The van der Waals surface area contributed by atoms with Crippen LogP contribution in [0.3, 0.4) is 0 Å². The van der Waals surface area contributed by atoms with Crippen LogP contribution in [0.5, 0.6) is 11.5 Å². The summed E-state index contributed by atoms with van der Waals surface area (Å²) in [6, 6.07) is 19.7. The average molecular weight is 532 g/mol. The second-order valence-corrected chi connectivity index (χ2v) is 9.48. The highest BCUT2D eigenvalue weighted by molar-refractivity contribution is 9.10. The Labute approximate surface area is 201 Å². The van der Waals surface area contributed by atoms with Crippen molar-refractivity contribution in [2.24, 2.45) is 5.10 Å². The van der Waals surface area contributed by atoms with E-state index in [0.717, 1.165) is 8.78 Å². The number of ether oxygens (including phenoxy) is 2. The van der Waals surface area contributed by atoms with Crippen LogP contribution in [-0.2, 0) is 14.8 Å². The zero-order valence-electron chi connectivity index (χ0n) is 17.9. The highest BCUT2D eigenvalue weighted by atomic mass is 79.9. The first-order valence-corrected chi connectivity index (χ1v) is 12.0. The van der Waals surface area contributed by atoms with Crippen molar-refractivity contribution in [2.45, 2.75) is 4.90 Å². The van der Waals surface area contributed by atoms with Crippen LogP contribution in [-0.4, -0.2) is 41.3 Å². The SMILES string of the molecule is COc1ccc(OC)c(/C=N\NC(=O)CN(c2ccc(Br)cc2)S(=O)(=O)c2ccccc2)c1. The van der Waals surface area contributed by atoms with Gasteiger partial charge in [-0.05, 0) is 54.6 Å². The number of anilines is 1. The number of carbonyl (C=O) groups excluding carboxylic acids is 1. The monoisotopic (exact) mass is 531 g/mol. The van der Waals surface area contributed by atoms with Crippen molar-refractivity contribution < 1.29 is 22.7 Å². The standard InChI is InChI=1S/C23H22BrN3O5S/c1-31-20-12-13-22(32-2)17(14-20)15-25-26-23(28)16-27(19-10-8-18(24)9-11-19)33(29,30)21-6-4-3-5-7-21/h3-15H,16H2,1-2H3,(H,26,28)/b25-15-. The summed E-state index contributed by atoms with van der Waals surface area (Å²) < 4.78 is 38.8. The van der Waals surface area contributed by atoms with Gasteiger partial charge in [0.05, 0.1) is 31.0 Å². The van der Waals surface area contributed by atoms with Crippen LogP contribution >= 0.6 is 15.9 Å². The molecule has 0 unspecified atom stereocenters. The van der Waals surface area contributed by atoms with Crippen LogP contribution in [0.1, 0.15) is 5.56 Å². The number of nitrogens with one attached hydrogen (secondary N) is 1. The minimum atomic E-state index is -3.99. The molecular weight excluding hydrogens is 510 g/mol. The van der Waals surface area contributed by atoms with Crippen LogP contribution in [0.4, 0.5) is 5.69 Å². The maximum atomic E-state index is 13.3. The maximum Gasteiger partial charge on any atom is 0.264 e. The number of sulfonamides is 1. The van der Waals surface area contributed by atoms with E-state index >= 15 is 0 Å². The Bertz CT molecular complexity index is 1230. The van der Waals surface area contributed by atoms with E-state index in [9.17, 15) is 13.2 Å². The van der Waals surface area contributed by atoms with Crippen molar-refractivity contribution in [3.05, 3.63) is 82.8 Å². The number of nitrogens with zero attached hydrogens (tertiary/aromatic N) is 2. The van der Waals surface area contributed by atoms with Gasteiger partial charge in [-0.15, -0.1) is 0 Å². The molecular formula is C23H22BrN3O5S. The fraction of sp³-hybridized carbons (Fsp3) is 0.130. The smallest absolute Gasteiger partial charge is 0.264 e. The molecule has 10 heteroatoms. The number of methoxy groups -OCH3 is 2. The molecule has 0 atom stereocenters. The summed E-state index contributed by atoms with van der Waals surface area (Å²) in [4.78, 5) is 12.7. The number of halogens is 1. The zero-order chi connectivity index (χ0) is 23.8. The molecule has 0 aromatic heterocycles. The molecule has 0 saturated heterocycles. The molecule has 0 heterocycles. The fourth-order valence-electron chi connectivity index (χ4n) is 2.92. The predicted octanol–water partition coefficient (Wildman–Crippen LogP) is 3.81.